The van der Waals surface area contributed by atoms with Gasteiger partial charge in [-0.3, -0.25) is 4.79 Å². The number of hydrogen-bond donors (Lipinski definition) is 2. The van der Waals surface area contributed by atoms with Crippen LogP contribution in [-0.4, -0.2) is 49.7 Å². The first-order chi connectivity index (χ1) is 6.11. The zero-order chi connectivity index (χ0) is 9.84. The normalized spacial score (nSPS) is 25.0. The summed E-state index contributed by atoms with van der Waals surface area (Å²) in [7, 11) is 3.83. The van der Waals surface area contributed by atoms with E-state index < -0.39 is 5.97 Å². The third kappa shape index (κ3) is 2.97. The van der Waals surface area contributed by atoms with Crippen LogP contribution in [0.3, 0.4) is 0 Å². The van der Waals surface area contributed by atoms with Crippen LogP contribution in [0, 0.1) is 11.8 Å². The highest BCUT2D eigenvalue weighted by molar-refractivity contribution is 5.70. The number of aliphatic carboxylic acids is 1. The minimum atomic E-state index is -0.664. The summed E-state index contributed by atoms with van der Waals surface area (Å²) in [6.45, 7) is 2.45. The fraction of sp³-hybridized carbons (Fsp3) is 0.889. The smallest absolute Gasteiger partial charge is 0.308 e. The maximum atomic E-state index is 11.0. The molecule has 1 aliphatic rings. The van der Waals surface area contributed by atoms with E-state index in [0.717, 1.165) is 19.5 Å². The SMILES string of the molecule is CN(C)CC(C(=O)O)C1CCNC1. The molecule has 0 aliphatic carbocycles. The van der Waals surface area contributed by atoms with E-state index >= 15 is 0 Å². The molecule has 0 spiro atoms. The molecule has 2 atom stereocenters. The fourth-order valence-electron chi connectivity index (χ4n) is 1.84. The lowest BCUT2D eigenvalue weighted by molar-refractivity contribution is -0.144. The minimum absolute atomic E-state index is 0.218. The van der Waals surface area contributed by atoms with Gasteiger partial charge in [0.2, 0.25) is 0 Å². The van der Waals surface area contributed by atoms with Crippen molar-refractivity contribution < 1.29 is 9.90 Å². The molecule has 0 bridgehead atoms. The maximum absolute atomic E-state index is 11.0. The van der Waals surface area contributed by atoms with Crippen LogP contribution in [0.15, 0.2) is 0 Å². The maximum Gasteiger partial charge on any atom is 0.308 e. The second-order valence-corrected chi connectivity index (χ2v) is 3.96. The first-order valence-electron chi connectivity index (χ1n) is 4.69. The van der Waals surface area contributed by atoms with Crippen molar-refractivity contribution in [2.75, 3.05) is 33.7 Å². The van der Waals surface area contributed by atoms with Crippen LogP contribution < -0.4 is 5.32 Å². The third-order valence-electron chi connectivity index (χ3n) is 2.55. The Bertz CT molecular complexity index is 176. The molecule has 1 heterocycles. The van der Waals surface area contributed by atoms with Gasteiger partial charge < -0.3 is 15.3 Å². The van der Waals surface area contributed by atoms with E-state index in [0.29, 0.717) is 12.5 Å². The van der Waals surface area contributed by atoms with Gasteiger partial charge in [0.25, 0.3) is 0 Å². The van der Waals surface area contributed by atoms with Crippen LogP contribution in [-0.2, 0) is 4.79 Å². The first-order valence-corrected chi connectivity index (χ1v) is 4.69. The molecule has 0 saturated carbocycles. The second-order valence-electron chi connectivity index (χ2n) is 3.96. The largest absolute Gasteiger partial charge is 0.481 e. The monoisotopic (exact) mass is 186 g/mol. The number of rotatable bonds is 4. The standard InChI is InChI=1S/C9H18N2O2/c1-11(2)6-8(9(12)13)7-3-4-10-5-7/h7-8,10H,3-6H2,1-2H3,(H,12,13). The summed E-state index contributed by atoms with van der Waals surface area (Å²) in [6, 6.07) is 0. The lowest BCUT2D eigenvalue weighted by Crippen LogP contribution is -2.34. The summed E-state index contributed by atoms with van der Waals surface area (Å²) < 4.78 is 0. The Balaban J connectivity index is 2.50. The van der Waals surface area contributed by atoms with Gasteiger partial charge in [-0.1, -0.05) is 0 Å². The molecule has 1 saturated heterocycles. The fourth-order valence-corrected chi connectivity index (χ4v) is 1.84. The molecule has 0 aromatic rings. The van der Waals surface area contributed by atoms with E-state index in [4.69, 9.17) is 5.11 Å². The quantitative estimate of drug-likeness (QED) is 0.641. The molecule has 0 aromatic carbocycles. The zero-order valence-electron chi connectivity index (χ0n) is 8.29. The van der Waals surface area contributed by atoms with Crippen LogP contribution in [0.25, 0.3) is 0 Å². The van der Waals surface area contributed by atoms with E-state index in [-0.39, 0.29) is 5.92 Å². The molecule has 0 aromatic heterocycles. The minimum Gasteiger partial charge on any atom is -0.481 e. The van der Waals surface area contributed by atoms with Crippen LogP contribution in [0.2, 0.25) is 0 Å². The highest BCUT2D eigenvalue weighted by Gasteiger charge is 2.30. The molecule has 1 aliphatic heterocycles. The van der Waals surface area contributed by atoms with Gasteiger partial charge in [-0.15, -0.1) is 0 Å². The van der Waals surface area contributed by atoms with Crippen molar-refractivity contribution in [1.29, 1.82) is 0 Å². The van der Waals surface area contributed by atoms with Gasteiger partial charge in [-0.2, -0.15) is 0 Å². The number of nitrogens with one attached hydrogen (secondary N) is 1. The molecular formula is C9H18N2O2. The Morgan fingerprint density at radius 2 is 2.38 bits per heavy atom. The number of carboxylic acids is 1. The van der Waals surface area contributed by atoms with Crippen molar-refractivity contribution in [2.45, 2.75) is 6.42 Å². The van der Waals surface area contributed by atoms with Gasteiger partial charge in [0.1, 0.15) is 0 Å². The van der Waals surface area contributed by atoms with Crippen molar-refractivity contribution >= 4 is 5.97 Å². The van der Waals surface area contributed by atoms with Crippen molar-refractivity contribution in [3.8, 4) is 0 Å². The highest BCUT2D eigenvalue weighted by Crippen LogP contribution is 2.19. The Hall–Kier alpha value is -0.610. The Labute approximate surface area is 78.9 Å². The molecule has 0 amide bonds. The summed E-state index contributed by atoms with van der Waals surface area (Å²) in [5, 5.41) is 12.2. The van der Waals surface area contributed by atoms with E-state index in [1.54, 1.807) is 0 Å². The van der Waals surface area contributed by atoms with Crippen LogP contribution in [0.1, 0.15) is 6.42 Å². The summed E-state index contributed by atoms with van der Waals surface area (Å²) in [5.74, 6) is -0.577. The molecule has 1 fully saturated rings. The van der Waals surface area contributed by atoms with E-state index in [9.17, 15) is 4.79 Å². The molecular weight excluding hydrogens is 168 g/mol. The predicted molar refractivity (Wildman–Crippen MR) is 50.7 cm³/mol. The Morgan fingerprint density at radius 1 is 1.69 bits per heavy atom. The Morgan fingerprint density at radius 3 is 2.77 bits per heavy atom. The Kier molecular flexibility index (Phi) is 3.69. The van der Waals surface area contributed by atoms with Gasteiger partial charge in [0.05, 0.1) is 5.92 Å². The van der Waals surface area contributed by atoms with Crippen molar-refractivity contribution in [2.24, 2.45) is 11.8 Å². The number of hydrogen-bond acceptors (Lipinski definition) is 3. The lowest BCUT2D eigenvalue weighted by Gasteiger charge is -2.21. The number of nitrogens with zero attached hydrogens (tertiary/aromatic N) is 1. The summed E-state index contributed by atoms with van der Waals surface area (Å²) >= 11 is 0. The van der Waals surface area contributed by atoms with E-state index in [1.807, 2.05) is 19.0 Å². The molecule has 76 valence electrons. The summed E-state index contributed by atoms with van der Waals surface area (Å²) in [4.78, 5) is 12.9. The van der Waals surface area contributed by atoms with Crippen LogP contribution >= 0.6 is 0 Å². The van der Waals surface area contributed by atoms with Gasteiger partial charge in [-0.25, -0.2) is 0 Å². The van der Waals surface area contributed by atoms with Gasteiger partial charge >= 0.3 is 5.97 Å². The summed E-state index contributed by atoms with van der Waals surface area (Å²) in [6.07, 6.45) is 0.991. The molecule has 4 nitrogen and oxygen atoms in total. The molecule has 13 heavy (non-hydrogen) atoms. The number of carboxylic acid groups (broad SMARTS) is 1. The summed E-state index contributed by atoms with van der Waals surface area (Å²) in [5.41, 5.74) is 0. The van der Waals surface area contributed by atoms with E-state index in [1.165, 1.54) is 0 Å². The highest BCUT2D eigenvalue weighted by atomic mass is 16.4. The van der Waals surface area contributed by atoms with Gasteiger partial charge in [0, 0.05) is 6.54 Å². The average Bonchev–Trinajstić information content (AvgIpc) is 2.50. The molecule has 1 rings (SSSR count). The van der Waals surface area contributed by atoms with Gasteiger partial charge in [0.15, 0.2) is 0 Å². The third-order valence-corrected chi connectivity index (χ3v) is 2.55. The molecule has 2 unspecified atom stereocenters. The number of carbonyl (C=O) groups is 1. The lowest BCUT2D eigenvalue weighted by atomic mass is 9.91. The van der Waals surface area contributed by atoms with Crippen LogP contribution in [0.4, 0.5) is 0 Å². The molecule has 4 heteroatoms. The zero-order valence-corrected chi connectivity index (χ0v) is 8.29. The topological polar surface area (TPSA) is 52.6 Å². The first kappa shape index (κ1) is 10.5. The predicted octanol–water partition coefficient (Wildman–Crippen LogP) is -0.142. The van der Waals surface area contributed by atoms with E-state index in [2.05, 4.69) is 5.32 Å². The molecule has 0 radical (unpaired) electrons. The van der Waals surface area contributed by atoms with Gasteiger partial charge in [-0.05, 0) is 39.5 Å². The second kappa shape index (κ2) is 4.58. The van der Waals surface area contributed by atoms with Crippen LogP contribution in [0.5, 0.6) is 0 Å². The molecule has 2 N–H and O–H groups in total. The van der Waals surface area contributed by atoms with Crippen molar-refractivity contribution in [1.82, 2.24) is 10.2 Å². The van der Waals surface area contributed by atoms with Crippen molar-refractivity contribution in [3.05, 3.63) is 0 Å². The van der Waals surface area contributed by atoms with Crippen molar-refractivity contribution in [3.63, 3.8) is 0 Å². The average molecular weight is 186 g/mol.